The number of aliphatic hydroxyl groups is 1. The Labute approximate surface area is 130 Å². The zero-order valence-corrected chi connectivity index (χ0v) is 13.3. The Morgan fingerprint density at radius 3 is 2.62 bits per heavy atom. The van der Waals surface area contributed by atoms with Crippen LogP contribution in [0, 0.1) is 0 Å². The van der Waals surface area contributed by atoms with Gasteiger partial charge in [0, 0.05) is 17.5 Å². The molecule has 4 nitrogen and oxygen atoms in total. The Bertz CT molecular complexity index is 445. The van der Waals surface area contributed by atoms with Gasteiger partial charge in [-0.05, 0) is 50.5 Å². The molecule has 0 atom stereocenters. The van der Waals surface area contributed by atoms with E-state index in [4.69, 9.17) is 9.84 Å². The van der Waals surface area contributed by atoms with E-state index in [0.29, 0.717) is 24.9 Å². The molecule has 21 heavy (non-hydrogen) atoms. The number of hydrogen-bond acceptors (Lipinski definition) is 4. The number of ether oxygens (including phenoxy) is 1. The van der Waals surface area contributed by atoms with Crippen LogP contribution in [0.2, 0.25) is 0 Å². The summed E-state index contributed by atoms with van der Waals surface area (Å²) in [7, 11) is 0. The Morgan fingerprint density at radius 2 is 2.10 bits per heavy atom. The van der Waals surface area contributed by atoms with Gasteiger partial charge in [-0.15, -0.1) is 11.8 Å². The number of amides is 1. The maximum atomic E-state index is 12.3. The van der Waals surface area contributed by atoms with Crippen LogP contribution < -0.4 is 4.74 Å². The molecule has 1 amide bonds. The topological polar surface area (TPSA) is 49.8 Å². The van der Waals surface area contributed by atoms with Gasteiger partial charge < -0.3 is 14.7 Å². The van der Waals surface area contributed by atoms with E-state index in [1.807, 2.05) is 36.1 Å². The van der Waals surface area contributed by atoms with Gasteiger partial charge in [-0.2, -0.15) is 0 Å². The van der Waals surface area contributed by atoms with E-state index in [1.165, 1.54) is 18.2 Å². The largest absolute Gasteiger partial charge is 0.494 e. The van der Waals surface area contributed by atoms with Gasteiger partial charge in [-0.25, -0.2) is 0 Å². The summed E-state index contributed by atoms with van der Waals surface area (Å²) >= 11 is 1.53. The second kappa shape index (κ2) is 8.29. The van der Waals surface area contributed by atoms with Gasteiger partial charge in [-0.3, -0.25) is 4.79 Å². The first-order valence-corrected chi connectivity index (χ1v) is 8.49. The van der Waals surface area contributed by atoms with Crippen molar-refractivity contribution in [3.63, 3.8) is 0 Å². The van der Waals surface area contributed by atoms with E-state index in [0.717, 1.165) is 23.5 Å². The van der Waals surface area contributed by atoms with Crippen LogP contribution in [0.1, 0.15) is 26.2 Å². The minimum absolute atomic E-state index is 0.0377. The van der Waals surface area contributed by atoms with Crippen LogP contribution in [0.15, 0.2) is 29.2 Å². The average molecular weight is 309 g/mol. The first kappa shape index (κ1) is 16.2. The summed E-state index contributed by atoms with van der Waals surface area (Å²) in [5.41, 5.74) is 0. The molecule has 1 aromatic rings. The third kappa shape index (κ3) is 4.64. The summed E-state index contributed by atoms with van der Waals surface area (Å²) in [5.74, 6) is 1.39. The first-order valence-electron chi connectivity index (χ1n) is 7.50. The fraction of sp³-hybridized carbons (Fsp3) is 0.562. The molecule has 0 unspecified atom stereocenters. The van der Waals surface area contributed by atoms with Crippen LogP contribution in [-0.4, -0.2) is 47.5 Å². The van der Waals surface area contributed by atoms with Gasteiger partial charge >= 0.3 is 0 Å². The quantitative estimate of drug-likeness (QED) is 0.750. The zero-order chi connectivity index (χ0) is 15.1. The summed E-state index contributed by atoms with van der Waals surface area (Å²) in [6.45, 7) is 3.10. The molecule has 1 N–H and O–H groups in total. The number of benzene rings is 1. The van der Waals surface area contributed by atoms with E-state index in [-0.39, 0.29) is 12.5 Å². The normalized spacial score (nSPS) is 14.6. The van der Waals surface area contributed by atoms with Gasteiger partial charge in [-0.1, -0.05) is 0 Å². The van der Waals surface area contributed by atoms with Crippen molar-refractivity contribution in [3.8, 4) is 5.75 Å². The SMILES string of the molecule is CCOc1ccc(SCC(=O)N(CCO)C2CCC2)cc1. The van der Waals surface area contributed by atoms with Gasteiger partial charge in [0.25, 0.3) is 0 Å². The standard InChI is InChI=1S/C16H23NO3S/c1-2-20-14-6-8-15(9-7-14)21-12-16(19)17(10-11-18)13-4-3-5-13/h6-9,13,18H,2-5,10-12H2,1H3. The van der Waals surface area contributed by atoms with Crippen LogP contribution in [0.5, 0.6) is 5.75 Å². The van der Waals surface area contributed by atoms with Crippen LogP contribution in [0.3, 0.4) is 0 Å². The molecule has 0 saturated heterocycles. The zero-order valence-electron chi connectivity index (χ0n) is 12.5. The lowest BCUT2D eigenvalue weighted by atomic mass is 9.91. The maximum Gasteiger partial charge on any atom is 0.233 e. The van der Waals surface area contributed by atoms with Crippen molar-refractivity contribution in [2.45, 2.75) is 37.1 Å². The number of nitrogens with zero attached hydrogens (tertiary/aromatic N) is 1. The van der Waals surface area contributed by atoms with Crippen molar-refractivity contribution in [1.29, 1.82) is 0 Å². The fourth-order valence-electron chi connectivity index (χ4n) is 2.34. The van der Waals surface area contributed by atoms with Gasteiger partial charge in [0.2, 0.25) is 5.91 Å². The molecular formula is C16H23NO3S. The summed E-state index contributed by atoms with van der Waals surface area (Å²) in [4.78, 5) is 15.2. The first-order chi connectivity index (χ1) is 10.2. The highest BCUT2D eigenvalue weighted by atomic mass is 32.2. The number of rotatable bonds is 8. The van der Waals surface area contributed by atoms with Crippen LogP contribution in [0.25, 0.3) is 0 Å². The number of carbonyl (C=O) groups is 1. The molecule has 2 rings (SSSR count). The van der Waals surface area contributed by atoms with Crippen molar-refractivity contribution in [2.24, 2.45) is 0 Å². The highest BCUT2D eigenvalue weighted by Gasteiger charge is 2.27. The van der Waals surface area contributed by atoms with Crippen molar-refractivity contribution in [1.82, 2.24) is 4.90 Å². The molecule has 0 bridgehead atoms. The summed E-state index contributed by atoms with van der Waals surface area (Å²) in [6, 6.07) is 8.14. The maximum absolute atomic E-state index is 12.3. The van der Waals surface area contributed by atoms with E-state index >= 15 is 0 Å². The summed E-state index contributed by atoms with van der Waals surface area (Å²) < 4.78 is 5.40. The summed E-state index contributed by atoms with van der Waals surface area (Å²) in [5, 5.41) is 9.11. The molecule has 0 aliphatic heterocycles. The lowest BCUT2D eigenvalue weighted by Crippen LogP contribution is -2.46. The van der Waals surface area contributed by atoms with E-state index in [9.17, 15) is 4.79 Å². The van der Waals surface area contributed by atoms with E-state index in [2.05, 4.69) is 0 Å². The van der Waals surface area contributed by atoms with Crippen molar-refractivity contribution >= 4 is 17.7 Å². The van der Waals surface area contributed by atoms with Crippen molar-refractivity contribution in [2.75, 3.05) is 25.5 Å². The number of aliphatic hydroxyl groups excluding tert-OH is 1. The number of thioether (sulfide) groups is 1. The molecule has 1 saturated carbocycles. The van der Waals surface area contributed by atoms with Crippen LogP contribution in [0.4, 0.5) is 0 Å². The molecule has 0 aromatic heterocycles. The second-order valence-corrected chi connectivity index (χ2v) is 6.14. The van der Waals surface area contributed by atoms with Crippen LogP contribution >= 0.6 is 11.8 Å². The number of hydrogen-bond donors (Lipinski definition) is 1. The smallest absolute Gasteiger partial charge is 0.233 e. The molecular weight excluding hydrogens is 286 g/mol. The molecule has 1 aromatic carbocycles. The predicted molar refractivity (Wildman–Crippen MR) is 84.8 cm³/mol. The molecule has 1 aliphatic rings. The molecule has 0 radical (unpaired) electrons. The van der Waals surface area contributed by atoms with E-state index in [1.54, 1.807) is 0 Å². The molecule has 0 spiro atoms. The second-order valence-electron chi connectivity index (χ2n) is 5.09. The van der Waals surface area contributed by atoms with Crippen molar-refractivity contribution in [3.05, 3.63) is 24.3 Å². The average Bonchev–Trinajstić information content (AvgIpc) is 2.44. The van der Waals surface area contributed by atoms with Crippen molar-refractivity contribution < 1.29 is 14.6 Å². The number of carbonyl (C=O) groups excluding carboxylic acids is 1. The Balaban J connectivity index is 1.84. The van der Waals surface area contributed by atoms with E-state index < -0.39 is 0 Å². The van der Waals surface area contributed by atoms with Gasteiger partial charge in [0.1, 0.15) is 5.75 Å². The fourth-order valence-corrected chi connectivity index (χ4v) is 3.13. The highest BCUT2D eigenvalue weighted by Crippen LogP contribution is 2.27. The molecule has 1 fully saturated rings. The Hall–Kier alpha value is -1.20. The lowest BCUT2D eigenvalue weighted by Gasteiger charge is -2.37. The summed E-state index contributed by atoms with van der Waals surface area (Å²) in [6.07, 6.45) is 3.32. The molecule has 116 valence electrons. The minimum Gasteiger partial charge on any atom is -0.494 e. The Morgan fingerprint density at radius 1 is 1.38 bits per heavy atom. The lowest BCUT2D eigenvalue weighted by molar-refractivity contribution is -0.132. The Kier molecular flexibility index (Phi) is 6.39. The van der Waals surface area contributed by atoms with Gasteiger partial charge in [0.05, 0.1) is 19.0 Å². The molecule has 1 aliphatic carbocycles. The van der Waals surface area contributed by atoms with Gasteiger partial charge in [0.15, 0.2) is 0 Å². The highest BCUT2D eigenvalue weighted by molar-refractivity contribution is 8.00. The third-order valence-electron chi connectivity index (χ3n) is 3.67. The molecule has 0 heterocycles. The molecule has 5 heteroatoms. The van der Waals surface area contributed by atoms with Crippen LogP contribution in [-0.2, 0) is 4.79 Å². The predicted octanol–water partition coefficient (Wildman–Crippen LogP) is 2.55. The monoisotopic (exact) mass is 309 g/mol. The minimum atomic E-state index is 0.0377. The third-order valence-corrected chi connectivity index (χ3v) is 4.67.